The number of carbonyl (C=O) groups excluding carboxylic acids is 2. The van der Waals surface area contributed by atoms with Gasteiger partial charge in [0.05, 0.1) is 33.4 Å². The molecule has 0 unspecified atom stereocenters. The molecule has 0 aromatic heterocycles. The monoisotopic (exact) mass is 378 g/mol. The van der Waals surface area contributed by atoms with E-state index in [0.29, 0.717) is 0 Å². The van der Waals surface area contributed by atoms with Gasteiger partial charge in [-0.2, -0.15) is 0 Å². The smallest absolute Gasteiger partial charge is 0.161 e. The van der Waals surface area contributed by atoms with Gasteiger partial charge in [-0.05, 0) is 0 Å². The van der Waals surface area contributed by atoms with Gasteiger partial charge >= 0.3 is 0 Å². The van der Waals surface area contributed by atoms with E-state index in [1.54, 1.807) is 0 Å². The highest BCUT2D eigenvalue weighted by Gasteiger charge is 3.11. The lowest BCUT2D eigenvalue weighted by Gasteiger charge is -2.58. The maximum absolute atomic E-state index is 12.5. The first-order valence-electron chi connectivity index (χ1n) is 5.77. The van der Waals surface area contributed by atoms with Crippen molar-refractivity contribution in [3.8, 4) is 0 Å². The molecule has 0 aliphatic heterocycles. The van der Waals surface area contributed by atoms with E-state index in [2.05, 4.69) is 0 Å². The van der Waals surface area contributed by atoms with Gasteiger partial charge in [0.15, 0.2) is 4.33 Å². The van der Waals surface area contributed by atoms with Gasteiger partial charge in [0, 0.05) is 0 Å². The SMILES string of the molecule is O=C1[C@@H]2[C@@H]3C(=O)[C@@H]4[C@H]1[C@@]1(Cl)[C@]4(Cl)[C@@]3(Cl)C(Cl)(Cl)[C@@]21Cl. The zero-order chi connectivity index (χ0) is 14.0. The Kier molecular flexibility index (Phi) is 1.72. The Balaban J connectivity index is 2.03. The van der Waals surface area contributed by atoms with Crippen molar-refractivity contribution in [2.75, 3.05) is 0 Å². The summed E-state index contributed by atoms with van der Waals surface area (Å²) >= 11 is 39.4. The second-order valence-electron chi connectivity index (χ2n) is 6.14. The molecular formula is C11H4Cl6O2. The third kappa shape index (κ3) is 0.629. The van der Waals surface area contributed by atoms with Crippen LogP contribution in [0.1, 0.15) is 0 Å². The Morgan fingerprint density at radius 2 is 0.842 bits per heavy atom. The average molecular weight is 381 g/mol. The lowest BCUT2D eigenvalue weighted by atomic mass is 9.57. The molecule has 2 nitrogen and oxygen atoms in total. The summed E-state index contributed by atoms with van der Waals surface area (Å²) in [5.41, 5.74) is 0. The Morgan fingerprint density at radius 1 is 0.579 bits per heavy atom. The molecule has 0 aromatic rings. The van der Waals surface area contributed by atoms with Crippen molar-refractivity contribution in [3.05, 3.63) is 0 Å². The third-order valence-electron chi connectivity index (χ3n) is 6.11. The molecule has 8 heteroatoms. The van der Waals surface area contributed by atoms with Crippen LogP contribution in [0.3, 0.4) is 0 Å². The molecule has 0 radical (unpaired) electrons. The van der Waals surface area contributed by atoms with E-state index in [1.807, 2.05) is 0 Å². The van der Waals surface area contributed by atoms with Crippen LogP contribution in [-0.2, 0) is 9.59 Å². The maximum atomic E-state index is 12.5. The molecule has 19 heavy (non-hydrogen) atoms. The van der Waals surface area contributed by atoms with Crippen LogP contribution in [0.2, 0.25) is 0 Å². The van der Waals surface area contributed by atoms with Crippen LogP contribution in [0.15, 0.2) is 0 Å². The molecule has 5 saturated carbocycles. The summed E-state index contributed by atoms with van der Waals surface area (Å²) < 4.78 is -1.72. The van der Waals surface area contributed by atoms with Gasteiger partial charge in [0.2, 0.25) is 0 Å². The largest absolute Gasteiger partial charge is 0.299 e. The quantitative estimate of drug-likeness (QED) is 0.605. The zero-order valence-electron chi connectivity index (χ0n) is 8.89. The van der Waals surface area contributed by atoms with Crippen molar-refractivity contribution in [1.82, 2.24) is 0 Å². The van der Waals surface area contributed by atoms with E-state index in [-0.39, 0.29) is 11.6 Å². The molecule has 0 spiro atoms. The average Bonchev–Trinajstić information content (AvgIpc) is 2.57. The summed E-state index contributed by atoms with van der Waals surface area (Å²) in [7, 11) is 0. The van der Waals surface area contributed by atoms with Crippen molar-refractivity contribution in [2.24, 2.45) is 23.7 Å². The lowest BCUT2D eigenvalue weighted by molar-refractivity contribution is -0.143. The van der Waals surface area contributed by atoms with Crippen molar-refractivity contribution < 1.29 is 9.59 Å². The second kappa shape index (κ2) is 2.59. The number of carbonyl (C=O) groups is 2. The second-order valence-corrected chi connectivity index (χ2v) is 9.85. The number of ketones is 2. The molecule has 5 aliphatic rings. The molecule has 0 N–H and O–H groups in total. The van der Waals surface area contributed by atoms with Gasteiger partial charge in [0.1, 0.15) is 21.3 Å². The number of fused-ring (bicyclic) bond motifs is 2. The minimum absolute atomic E-state index is 0.165. The van der Waals surface area contributed by atoms with Crippen molar-refractivity contribution in [2.45, 2.75) is 23.8 Å². The number of halogens is 6. The van der Waals surface area contributed by atoms with Crippen molar-refractivity contribution in [3.63, 3.8) is 0 Å². The highest BCUT2D eigenvalue weighted by Crippen LogP contribution is 2.96. The molecule has 0 aromatic carbocycles. The molecule has 8 atom stereocenters. The topological polar surface area (TPSA) is 34.1 Å². The number of Topliss-reactive ketones (excluding diaryl/α,β-unsaturated/α-hetero) is 2. The minimum Gasteiger partial charge on any atom is -0.299 e. The van der Waals surface area contributed by atoms with Gasteiger partial charge in [-0.1, -0.05) is 23.2 Å². The summed E-state index contributed by atoms with van der Waals surface area (Å²) in [5, 5.41) is 0. The molecule has 5 rings (SSSR count). The molecule has 0 saturated heterocycles. The first-order chi connectivity index (χ1) is 8.56. The fraction of sp³-hybridized carbons (Fsp3) is 0.818. The predicted molar refractivity (Wildman–Crippen MR) is 72.7 cm³/mol. The van der Waals surface area contributed by atoms with Gasteiger partial charge < -0.3 is 0 Å². The number of hydrogen-bond acceptors (Lipinski definition) is 2. The van der Waals surface area contributed by atoms with E-state index in [1.165, 1.54) is 0 Å². The summed E-state index contributed by atoms with van der Waals surface area (Å²) in [6.45, 7) is 0. The Labute approximate surface area is 138 Å². The lowest BCUT2D eigenvalue weighted by Crippen LogP contribution is -2.73. The molecule has 0 amide bonds. The number of hydrogen-bond donors (Lipinski definition) is 0. The standard InChI is InChI=1S/C11H4Cl6O2/c12-7-1-2-6(19)4-3(5(1)18)9(7,14)11(16,17)10(4,15)8(2,7)13/h1-4H/t1-,2+,3+,4-,7-,8+,9-,10-/m1/s1. The first kappa shape index (κ1) is 12.6. The maximum Gasteiger partial charge on any atom is 0.161 e. The van der Waals surface area contributed by atoms with Gasteiger partial charge in [-0.25, -0.2) is 0 Å². The van der Waals surface area contributed by atoms with E-state index in [9.17, 15) is 9.59 Å². The summed E-state index contributed by atoms with van der Waals surface area (Å²) in [5.74, 6) is -3.41. The van der Waals surface area contributed by atoms with E-state index in [0.717, 1.165) is 0 Å². The number of alkyl halides is 6. The fourth-order valence-corrected chi connectivity index (χ4v) is 9.87. The molecule has 102 valence electrons. The Morgan fingerprint density at radius 3 is 1.16 bits per heavy atom. The van der Waals surface area contributed by atoms with Gasteiger partial charge in [0.25, 0.3) is 0 Å². The van der Waals surface area contributed by atoms with Crippen LogP contribution in [0, 0.1) is 23.7 Å². The van der Waals surface area contributed by atoms with E-state index in [4.69, 9.17) is 69.6 Å². The molecule has 5 fully saturated rings. The van der Waals surface area contributed by atoms with Crippen LogP contribution >= 0.6 is 69.6 Å². The molecular weight excluding hydrogens is 377 g/mol. The Bertz CT molecular complexity index is 583. The van der Waals surface area contributed by atoms with Crippen molar-refractivity contribution >= 4 is 81.2 Å². The Hall–Kier alpha value is 1.08. The van der Waals surface area contributed by atoms with Crippen LogP contribution in [0.5, 0.6) is 0 Å². The number of rotatable bonds is 0. The van der Waals surface area contributed by atoms with Gasteiger partial charge in [-0.15, -0.1) is 46.4 Å². The fourth-order valence-electron chi connectivity index (χ4n) is 5.65. The normalized spacial score (nSPS) is 73.2. The van der Waals surface area contributed by atoms with Gasteiger partial charge in [-0.3, -0.25) is 9.59 Å². The third-order valence-corrected chi connectivity index (χ3v) is 11.3. The predicted octanol–water partition coefficient (Wildman–Crippen LogP) is 2.74. The summed E-state index contributed by atoms with van der Waals surface area (Å²) in [4.78, 5) is 19.3. The molecule has 2 bridgehead atoms. The van der Waals surface area contributed by atoms with E-state index < -0.39 is 47.5 Å². The van der Waals surface area contributed by atoms with Crippen LogP contribution in [0.25, 0.3) is 0 Å². The summed E-state index contributed by atoms with van der Waals surface area (Å²) in [6.07, 6.45) is 0. The highest BCUT2D eigenvalue weighted by molar-refractivity contribution is 6.68. The van der Waals surface area contributed by atoms with Crippen LogP contribution < -0.4 is 0 Å². The molecule has 0 heterocycles. The van der Waals surface area contributed by atoms with Crippen LogP contribution in [0.4, 0.5) is 0 Å². The first-order valence-corrected chi connectivity index (χ1v) is 8.04. The molecule has 5 aliphatic carbocycles. The van der Waals surface area contributed by atoms with E-state index >= 15 is 0 Å². The highest BCUT2D eigenvalue weighted by atomic mass is 35.5. The van der Waals surface area contributed by atoms with Crippen molar-refractivity contribution in [1.29, 1.82) is 0 Å². The van der Waals surface area contributed by atoms with Crippen LogP contribution in [-0.4, -0.2) is 35.4 Å². The summed E-state index contributed by atoms with van der Waals surface area (Å²) in [6, 6.07) is 0. The zero-order valence-corrected chi connectivity index (χ0v) is 13.4. The minimum atomic E-state index is -1.72.